The third-order valence-corrected chi connectivity index (χ3v) is 5.02. The van der Waals surface area contributed by atoms with Crippen LogP contribution in [0.25, 0.3) is 0 Å². The molecule has 0 spiro atoms. The van der Waals surface area contributed by atoms with Gasteiger partial charge in [-0.1, -0.05) is 15.9 Å². The Kier molecular flexibility index (Phi) is 5.95. The summed E-state index contributed by atoms with van der Waals surface area (Å²) in [5, 5.41) is 2.78. The predicted molar refractivity (Wildman–Crippen MR) is 96.5 cm³/mol. The van der Waals surface area contributed by atoms with Crippen molar-refractivity contribution in [2.24, 2.45) is 5.92 Å². The second-order valence-electron chi connectivity index (χ2n) is 6.54. The average Bonchev–Trinajstić information content (AvgIpc) is 2.95. The molecule has 0 aromatic heterocycles. The molecule has 10 heteroatoms. The number of anilines is 2. The largest absolute Gasteiger partial charge is 0.406 e. The highest BCUT2D eigenvalue weighted by Crippen LogP contribution is 2.31. The minimum Gasteiger partial charge on any atom is -0.378 e. The van der Waals surface area contributed by atoms with Crippen molar-refractivity contribution in [2.45, 2.75) is 12.6 Å². The number of alkyl halides is 3. The van der Waals surface area contributed by atoms with E-state index in [2.05, 4.69) is 26.1 Å². The highest BCUT2D eigenvalue weighted by molar-refractivity contribution is 9.10. The molecule has 0 bridgehead atoms. The Labute approximate surface area is 162 Å². The zero-order chi connectivity index (χ0) is 19.6. The van der Waals surface area contributed by atoms with Gasteiger partial charge in [0.05, 0.1) is 30.5 Å². The van der Waals surface area contributed by atoms with Crippen LogP contribution in [0.2, 0.25) is 0 Å². The summed E-state index contributed by atoms with van der Waals surface area (Å²) in [4.78, 5) is 27.2. The predicted octanol–water partition coefficient (Wildman–Crippen LogP) is 2.64. The molecule has 0 aliphatic carbocycles. The first kappa shape index (κ1) is 19.9. The van der Waals surface area contributed by atoms with Gasteiger partial charge >= 0.3 is 6.18 Å². The van der Waals surface area contributed by atoms with Crippen LogP contribution in [0.3, 0.4) is 0 Å². The highest BCUT2D eigenvalue weighted by Gasteiger charge is 2.40. The van der Waals surface area contributed by atoms with Gasteiger partial charge in [0.25, 0.3) is 0 Å². The molecule has 0 radical (unpaired) electrons. The van der Waals surface area contributed by atoms with E-state index in [0.29, 0.717) is 36.9 Å². The Balaban J connectivity index is 1.71. The van der Waals surface area contributed by atoms with Crippen LogP contribution in [0.15, 0.2) is 22.7 Å². The second kappa shape index (κ2) is 8.05. The number of rotatable bonds is 4. The van der Waals surface area contributed by atoms with Crippen LogP contribution in [0.1, 0.15) is 6.42 Å². The Morgan fingerprint density at radius 3 is 2.67 bits per heavy atom. The normalized spacial score (nSPS) is 20.9. The molecular formula is C17H19BrF3N3O3. The number of carbonyl (C=O) groups is 2. The highest BCUT2D eigenvalue weighted by atomic mass is 79.9. The van der Waals surface area contributed by atoms with Gasteiger partial charge < -0.3 is 19.9 Å². The number of nitrogens with one attached hydrogen (secondary N) is 1. The van der Waals surface area contributed by atoms with Gasteiger partial charge in [0.1, 0.15) is 6.54 Å². The molecule has 1 aromatic rings. The van der Waals surface area contributed by atoms with E-state index in [1.54, 1.807) is 6.07 Å². The Hall–Kier alpha value is -1.81. The quantitative estimate of drug-likeness (QED) is 0.767. The standard InChI is InChI=1S/C17H19BrF3N3O3/c18-12-1-2-14(23-3-5-27-6-4-23)13(8-12)22-16(26)11-7-15(25)24(9-11)10-17(19,20)21/h1-2,8,11H,3-7,9-10H2,(H,22,26). The SMILES string of the molecule is O=C(Nc1cc(Br)ccc1N1CCOCC1)C1CC(=O)N(CC(F)(F)F)C1. The smallest absolute Gasteiger partial charge is 0.378 e. The molecule has 1 atom stereocenters. The zero-order valence-corrected chi connectivity index (χ0v) is 16.0. The summed E-state index contributed by atoms with van der Waals surface area (Å²) in [6, 6.07) is 5.46. The van der Waals surface area contributed by atoms with Crippen LogP contribution in [0, 0.1) is 5.92 Å². The lowest BCUT2D eigenvalue weighted by Gasteiger charge is -2.30. The molecule has 2 amide bonds. The van der Waals surface area contributed by atoms with Crippen molar-refractivity contribution in [3.05, 3.63) is 22.7 Å². The van der Waals surface area contributed by atoms with Crippen molar-refractivity contribution in [3.8, 4) is 0 Å². The van der Waals surface area contributed by atoms with Crippen LogP contribution in [-0.2, 0) is 14.3 Å². The monoisotopic (exact) mass is 449 g/mol. The fraction of sp³-hybridized carbons (Fsp3) is 0.529. The lowest BCUT2D eigenvalue weighted by molar-refractivity contribution is -0.157. The molecule has 1 N–H and O–H groups in total. The minimum atomic E-state index is -4.48. The fourth-order valence-electron chi connectivity index (χ4n) is 3.24. The summed E-state index contributed by atoms with van der Waals surface area (Å²) in [7, 11) is 0. The Morgan fingerprint density at radius 2 is 2.00 bits per heavy atom. The molecule has 2 fully saturated rings. The van der Waals surface area contributed by atoms with Crippen molar-refractivity contribution in [3.63, 3.8) is 0 Å². The number of amides is 2. The molecular weight excluding hydrogens is 431 g/mol. The number of benzene rings is 1. The van der Waals surface area contributed by atoms with Crippen molar-refractivity contribution in [1.29, 1.82) is 0 Å². The molecule has 2 heterocycles. The summed E-state index contributed by atoms with van der Waals surface area (Å²) in [5.41, 5.74) is 1.37. The average molecular weight is 450 g/mol. The lowest BCUT2D eigenvalue weighted by Crippen LogP contribution is -2.37. The fourth-order valence-corrected chi connectivity index (χ4v) is 3.60. The van der Waals surface area contributed by atoms with Gasteiger partial charge in [-0.3, -0.25) is 9.59 Å². The first-order valence-electron chi connectivity index (χ1n) is 8.50. The van der Waals surface area contributed by atoms with Crippen molar-refractivity contribution in [1.82, 2.24) is 4.90 Å². The molecule has 3 rings (SSSR count). The van der Waals surface area contributed by atoms with Crippen LogP contribution in [0.5, 0.6) is 0 Å². The number of carbonyl (C=O) groups excluding carboxylic acids is 2. The van der Waals surface area contributed by atoms with Gasteiger partial charge in [-0.05, 0) is 18.2 Å². The first-order chi connectivity index (χ1) is 12.7. The summed E-state index contributed by atoms with van der Waals surface area (Å²) in [5.74, 6) is -1.92. The van der Waals surface area contributed by atoms with Crippen LogP contribution in [-0.4, -0.2) is 62.3 Å². The van der Waals surface area contributed by atoms with E-state index in [0.717, 1.165) is 10.2 Å². The van der Waals surface area contributed by atoms with E-state index >= 15 is 0 Å². The number of hydrogen-bond acceptors (Lipinski definition) is 4. The molecule has 1 aromatic carbocycles. The molecule has 0 saturated carbocycles. The van der Waals surface area contributed by atoms with E-state index in [1.807, 2.05) is 12.1 Å². The zero-order valence-electron chi connectivity index (χ0n) is 14.4. The second-order valence-corrected chi connectivity index (χ2v) is 7.46. The molecule has 1 unspecified atom stereocenters. The van der Waals surface area contributed by atoms with Crippen LogP contribution in [0.4, 0.5) is 24.5 Å². The molecule has 27 heavy (non-hydrogen) atoms. The van der Waals surface area contributed by atoms with E-state index < -0.39 is 30.5 Å². The van der Waals surface area contributed by atoms with Crippen molar-refractivity contribution in [2.75, 3.05) is 49.6 Å². The van der Waals surface area contributed by atoms with Gasteiger partial charge in [-0.15, -0.1) is 0 Å². The Morgan fingerprint density at radius 1 is 1.30 bits per heavy atom. The van der Waals surface area contributed by atoms with Crippen LogP contribution >= 0.6 is 15.9 Å². The number of hydrogen-bond donors (Lipinski definition) is 1. The maximum atomic E-state index is 12.6. The van der Waals surface area contributed by atoms with Gasteiger partial charge in [-0.2, -0.15) is 13.2 Å². The number of nitrogens with zero attached hydrogens (tertiary/aromatic N) is 2. The lowest BCUT2D eigenvalue weighted by atomic mass is 10.1. The number of likely N-dealkylation sites (tertiary alicyclic amines) is 1. The van der Waals surface area contributed by atoms with Gasteiger partial charge in [0, 0.05) is 30.5 Å². The third-order valence-electron chi connectivity index (χ3n) is 4.52. The van der Waals surface area contributed by atoms with E-state index in [4.69, 9.17) is 4.74 Å². The van der Waals surface area contributed by atoms with Gasteiger partial charge in [0.15, 0.2) is 0 Å². The third kappa shape index (κ3) is 5.13. The molecule has 2 aliphatic rings. The summed E-state index contributed by atoms with van der Waals surface area (Å²) in [6.45, 7) is 0.939. The van der Waals surface area contributed by atoms with Gasteiger partial charge in [0.2, 0.25) is 11.8 Å². The van der Waals surface area contributed by atoms with E-state index in [1.165, 1.54) is 0 Å². The Bertz CT molecular complexity index is 723. The number of morpholine rings is 1. The van der Waals surface area contributed by atoms with E-state index in [-0.39, 0.29) is 13.0 Å². The van der Waals surface area contributed by atoms with Crippen molar-refractivity contribution >= 4 is 39.1 Å². The summed E-state index contributed by atoms with van der Waals surface area (Å²) in [6.07, 6.45) is -4.70. The van der Waals surface area contributed by atoms with Gasteiger partial charge in [-0.25, -0.2) is 0 Å². The van der Waals surface area contributed by atoms with Crippen molar-refractivity contribution < 1.29 is 27.5 Å². The molecule has 2 saturated heterocycles. The van der Waals surface area contributed by atoms with E-state index in [9.17, 15) is 22.8 Å². The summed E-state index contributed by atoms with van der Waals surface area (Å²) < 4.78 is 43.7. The topological polar surface area (TPSA) is 61.9 Å². The molecule has 148 valence electrons. The summed E-state index contributed by atoms with van der Waals surface area (Å²) >= 11 is 3.36. The van der Waals surface area contributed by atoms with Crippen LogP contribution < -0.4 is 10.2 Å². The number of ether oxygens (including phenoxy) is 1. The first-order valence-corrected chi connectivity index (χ1v) is 9.30. The maximum Gasteiger partial charge on any atom is 0.406 e. The number of halogens is 4. The molecule has 2 aliphatic heterocycles. The molecule has 6 nitrogen and oxygen atoms in total. The maximum absolute atomic E-state index is 12.6. The minimum absolute atomic E-state index is 0.219.